The van der Waals surface area contributed by atoms with Crippen LogP contribution < -0.4 is 27.8 Å². The third kappa shape index (κ3) is 2.36. The van der Waals surface area contributed by atoms with Gasteiger partial charge in [-0.1, -0.05) is 6.07 Å². The molecule has 1 unspecified atom stereocenters. The van der Waals surface area contributed by atoms with Gasteiger partial charge in [0.2, 0.25) is 17.5 Å². The zero-order valence-electron chi connectivity index (χ0n) is 14.8. The van der Waals surface area contributed by atoms with Gasteiger partial charge in [0.25, 0.3) is 0 Å². The summed E-state index contributed by atoms with van der Waals surface area (Å²) in [7, 11) is 0. The molecule has 28 heavy (non-hydrogen) atoms. The van der Waals surface area contributed by atoms with E-state index in [-0.39, 0.29) is 11.6 Å². The van der Waals surface area contributed by atoms with Crippen LogP contribution in [0.5, 0.6) is 0 Å². The predicted octanol–water partition coefficient (Wildman–Crippen LogP) is 0.777. The summed E-state index contributed by atoms with van der Waals surface area (Å²) in [4.78, 5) is 8.07. The van der Waals surface area contributed by atoms with Gasteiger partial charge >= 0.3 is 0 Å². The standard InChI is InChI=1S/C17H18N10O/c18-11-3-1-4-12-10(11)9-21-26(12)7-6-17(13-5-2-8-28-13)24-16-23-14(19)22-15(20)27(16)25-17/h1-5,8-9,25H,6-7,18H2,(H4,19,20,22,23,24). The highest BCUT2D eigenvalue weighted by atomic mass is 16.3. The third-order valence-electron chi connectivity index (χ3n) is 4.85. The lowest BCUT2D eigenvalue weighted by molar-refractivity contribution is 0.355. The quantitative estimate of drug-likeness (QED) is 0.325. The Hall–Kier alpha value is -4.02. The first-order chi connectivity index (χ1) is 13.6. The van der Waals surface area contributed by atoms with Crippen LogP contribution in [0.3, 0.4) is 0 Å². The Kier molecular flexibility index (Phi) is 3.32. The molecule has 0 aliphatic carbocycles. The predicted molar refractivity (Wildman–Crippen MR) is 102 cm³/mol. The number of benzene rings is 1. The molecule has 142 valence electrons. The van der Waals surface area contributed by atoms with Crippen molar-refractivity contribution < 1.29 is 4.42 Å². The minimum Gasteiger partial charge on any atom is -0.465 e. The summed E-state index contributed by atoms with van der Waals surface area (Å²) in [6.07, 6.45) is 3.89. The van der Waals surface area contributed by atoms with Crippen LogP contribution in [0.2, 0.25) is 0 Å². The number of nitrogens with two attached hydrogens (primary N) is 2. The smallest absolute Gasteiger partial charge is 0.247 e. The van der Waals surface area contributed by atoms with Crippen LogP contribution in [0, 0.1) is 5.41 Å². The van der Waals surface area contributed by atoms with Crippen molar-refractivity contribution in [2.24, 2.45) is 0 Å². The Morgan fingerprint density at radius 3 is 2.89 bits per heavy atom. The number of nitrogens with zero attached hydrogens (tertiary/aromatic N) is 5. The van der Waals surface area contributed by atoms with Crippen LogP contribution >= 0.6 is 0 Å². The van der Waals surface area contributed by atoms with Gasteiger partial charge in [-0.25, -0.2) is 0 Å². The zero-order valence-corrected chi connectivity index (χ0v) is 14.8. The Morgan fingerprint density at radius 2 is 2.07 bits per heavy atom. The van der Waals surface area contributed by atoms with E-state index in [0.717, 1.165) is 10.9 Å². The fourth-order valence-corrected chi connectivity index (χ4v) is 3.50. The summed E-state index contributed by atoms with van der Waals surface area (Å²) in [5.41, 5.74) is 15.7. The second kappa shape index (κ2) is 5.74. The van der Waals surface area contributed by atoms with Crippen molar-refractivity contribution in [3.05, 3.63) is 54.2 Å². The molecule has 0 radical (unpaired) electrons. The van der Waals surface area contributed by atoms with E-state index in [9.17, 15) is 0 Å². The van der Waals surface area contributed by atoms with E-state index >= 15 is 0 Å². The number of nitrogens with one attached hydrogen (secondary N) is 3. The van der Waals surface area contributed by atoms with Gasteiger partial charge in [-0.05, 0) is 24.3 Å². The number of aromatic nitrogens is 5. The molecular weight excluding hydrogens is 360 g/mol. The number of hydrogen-bond acceptors (Lipinski definition) is 9. The SMILES string of the molecule is N=c1nc(N)nc2n1NC(CCn1ncc3c(N)cccc31)(c1ccco1)N2. The zero-order chi connectivity index (χ0) is 19.3. The Bertz CT molecular complexity index is 1220. The van der Waals surface area contributed by atoms with Crippen LogP contribution in [0.15, 0.2) is 47.2 Å². The van der Waals surface area contributed by atoms with E-state index in [0.29, 0.717) is 30.4 Å². The molecule has 1 aliphatic rings. The van der Waals surface area contributed by atoms with E-state index in [1.54, 1.807) is 18.5 Å². The van der Waals surface area contributed by atoms with Crippen molar-refractivity contribution in [1.29, 1.82) is 5.41 Å². The monoisotopic (exact) mass is 378 g/mol. The maximum absolute atomic E-state index is 8.06. The molecule has 7 N–H and O–H groups in total. The summed E-state index contributed by atoms with van der Waals surface area (Å²) in [6.45, 7) is 0.554. The van der Waals surface area contributed by atoms with Gasteiger partial charge in [0.1, 0.15) is 0 Å². The normalized spacial score (nSPS) is 18.0. The Balaban J connectivity index is 1.52. The number of rotatable bonds is 4. The van der Waals surface area contributed by atoms with Gasteiger partial charge in [-0.3, -0.25) is 15.5 Å². The first-order valence-corrected chi connectivity index (χ1v) is 8.67. The Labute approximate surface area is 158 Å². The molecule has 3 aromatic heterocycles. The van der Waals surface area contributed by atoms with Gasteiger partial charge in [0, 0.05) is 24.0 Å². The van der Waals surface area contributed by atoms with Gasteiger partial charge in [0.15, 0.2) is 11.4 Å². The van der Waals surface area contributed by atoms with Crippen LogP contribution in [0.4, 0.5) is 17.6 Å². The van der Waals surface area contributed by atoms with Crippen molar-refractivity contribution in [3.63, 3.8) is 0 Å². The number of aryl methyl sites for hydroxylation is 1. The molecule has 0 saturated carbocycles. The lowest BCUT2D eigenvalue weighted by atomic mass is 10.0. The maximum Gasteiger partial charge on any atom is 0.247 e. The van der Waals surface area contributed by atoms with Gasteiger partial charge < -0.3 is 21.2 Å². The summed E-state index contributed by atoms with van der Waals surface area (Å²) in [6, 6.07) is 9.39. The van der Waals surface area contributed by atoms with Crippen LogP contribution in [0.1, 0.15) is 12.2 Å². The fourth-order valence-electron chi connectivity index (χ4n) is 3.50. The Morgan fingerprint density at radius 1 is 1.18 bits per heavy atom. The largest absolute Gasteiger partial charge is 0.465 e. The molecule has 1 aromatic carbocycles. The molecule has 1 atom stereocenters. The van der Waals surface area contributed by atoms with E-state index in [1.807, 2.05) is 28.9 Å². The molecule has 4 heterocycles. The first-order valence-electron chi connectivity index (χ1n) is 8.67. The average molecular weight is 378 g/mol. The third-order valence-corrected chi connectivity index (χ3v) is 4.85. The number of furan rings is 1. The molecule has 5 rings (SSSR count). The van der Waals surface area contributed by atoms with Gasteiger partial charge in [-0.15, -0.1) is 0 Å². The van der Waals surface area contributed by atoms with Gasteiger partial charge in [-0.2, -0.15) is 19.7 Å². The lowest BCUT2D eigenvalue weighted by Crippen LogP contribution is -2.43. The van der Waals surface area contributed by atoms with Gasteiger partial charge in [0.05, 0.1) is 18.0 Å². The number of nitrogen functional groups attached to an aromatic ring is 2. The minimum absolute atomic E-state index is 0.0225. The van der Waals surface area contributed by atoms with Crippen molar-refractivity contribution in [3.8, 4) is 0 Å². The van der Waals surface area contributed by atoms with Crippen molar-refractivity contribution >= 4 is 28.5 Å². The highest BCUT2D eigenvalue weighted by molar-refractivity contribution is 5.90. The van der Waals surface area contributed by atoms with E-state index in [1.165, 1.54) is 4.68 Å². The molecule has 0 bridgehead atoms. The summed E-state index contributed by atoms with van der Waals surface area (Å²) >= 11 is 0. The maximum atomic E-state index is 8.06. The number of anilines is 3. The second-order valence-corrected chi connectivity index (χ2v) is 6.58. The van der Waals surface area contributed by atoms with E-state index in [2.05, 4.69) is 25.8 Å². The van der Waals surface area contributed by atoms with Crippen molar-refractivity contribution in [2.45, 2.75) is 18.6 Å². The highest BCUT2D eigenvalue weighted by Crippen LogP contribution is 2.33. The average Bonchev–Trinajstić information content (AvgIpc) is 3.39. The molecule has 11 nitrogen and oxygen atoms in total. The molecule has 0 spiro atoms. The number of fused-ring (bicyclic) bond motifs is 2. The highest BCUT2D eigenvalue weighted by Gasteiger charge is 2.42. The minimum atomic E-state index is -0.840. The van der Waals surface area contributed by atoms with Crippen LogP contribution in [-0.4, -0.2) is 24.4 Å². The van der Waals surface area contributed by atoms with E-state index in [4.69, 9.17) is 21.3 Å². The molecule has 0 amide bonds. The second-order valence-electron chi connectivity index (χ2n) is 6.58. The molecule has 0 saturated heterocycles. The lowest BCUT2D eigenvalue weighted by Gasteiger charge is -2.27. The first kappa shape index (κ1) is 16.2. The molecule has 1 aliphatic heterocycles. The van der Waals surface area contributed by atoms with Crippen molar-refractivity contribution in [2.75, 3.05) is 22.2 Å². The summed E-state index contributed by atoms with van der Waals surface area (Å²) in [5, 5.41) is 16.7. The summed E-state index contributed by atoms with van der Waals surface area (Å²) in [5.74, 6) is 1.06. The number of hydrogen-bond donors (Lipinski definition) is 5. The van der Waals surface area contributed by atoms with Crippen LogP contribution in [-0.2, 0) is 12.2 Å². The topological polar surface area (TPSA) is 162 Å². The fraction of sp³-hybridized carbons (Fsp3) is 0.176. The van der Waals surface area contributed by atoms with Crippen molar-refractivity contribution in [1.82, 2.24) is 24.4 Å². The molecule has 0 fully saturated rings. The molecule has 11 heteroatoms. The summed E-state index contributed by atoms with van der Waals surface area (Å²) < 4.78 is 9.00. The van der Waals surface area contributed by atoms with E-state index < -0.39 is 5.66 Å². The van der Waals surface area contributed by atoms with Crippen LogP contribution in [0.25, 0.3) is 10.9 Å². The molecule has 4 aromatic rings. The molecular formula is C17H18N10O.